The van der Waals surface area contributed by atoms with Gasteiger partial charge < -0.3 is 14.4 Å². The van der Waals surface area contributed by atoms with Crippen molar-refractivity contribution in [3.05, 3.63) is 0 Å². The fraction of sp³-hybridized carbons (Fsp3) is 0.917. The van der Waals surface area contributed by atoms with Crippen LogP contribution in [0, 0.1) is 0 Å². The van der Waals surface area contributed by atoms with Gasteiger partial charge in [0.1, 0.15) is 6.29 Å². The Morgan fingerprint density at radius 2 is 2.13 bits per heavy atom. The lowest BCUT2D eigenvalue weighted by atomic mass is 9.91. The molecule has 0 aromatic rings. The van der Waals surface area contributed by atoms with E-state index in [0.717, 1.165) is 45.2 Å². The number of carbonyl (C=O) groups excluding carboxylic acids is 1. The maximum absolute atomic E-state index is 10.7. The van der Waals surface area contributed by atoms with Crippen LogP contribution in [-0.2, 0) is 9.53 Å². The third-order valence-electron chi connectivity index (χ3n) is 3.34. The Labute approximate surface area is 92.8 Å². The topological polar surface area (TPSA) is 29.5 Å². The minimum atomic E-state index is -0.166. The maximum atomic E-state index is 10.7. The third-order valence-corrected chi connectivity index (χ3v) is 3.34. The molecule has 0 spiro atoms. The van der Waals surface area contributed by atoms with Crippen molar-refractivity contribution < 1.29 is 9.53 Å². The van der Waals surface area contributed by atoms with Gasteiger partial charge in [0, 0.05) is 19.6 Å². The van der Waals surface area contributed by atoms with Gasteiger partial charge in [-0.1, -0.05) is 6.92 Å². The lowest BCUT2D eigenvalue weighted by molar-refractivity contribution is -0.117. The summed E-state index contributed by atoms with van der Waals surface area (Å²) in [5.41, 5.74) is -0.166. The Morgan fingerprint density at radius 1 is 1.33 bits per heavy atom. The lowest BCUT2D eigenvalue weighted by Crippen LogP contribution is -2.35. The van der Waals surface area contributed by atoms with Crippen LogP contribution in [0.5, 0.6) is 0 Å². The van der Waals surface area contributed by atoms with Gasteiger partial charge in [0.05, 0.1) is 5.60 Å². The van der Waals surface area contributed by atoms with Gasteiger partial charge in [-0.15, -0.1) is 0 Å². The molecule has 1 rings (SSSR count). The summed E-state index contributed by atoms with van der Waals surface area (Å²) in [6, 6.07) is 0. The number of nitrogens with zero attached hydrogens (tertiary/aromatic N) is 1. The fourth-order valence-corrected chi connectivity index (χ4v) is 2.41. The van der Waals surface area contributed by atoms with E-state index in [-0.39, 0.29) is 5.60 Å². The highest BCUT2D eigenvalue weighted by molar-refractivity contribution is 5.51. The highest BCUT2D eigenvalue weighted by atomic mass is 16.5. The Morgan fingerprint density at radius 3 is 2.73 bits per heavy atom. The van der Waals surface area contributed by atoms with E-state index in [0.29, 0.717) is 13.0 Å². The number of hydrogen-bond donors (Lipinski definition) is 0. The second kappa shape index (κ2) is 6.23. The van der Waals surface area contributed by atoms with Crippen molar-refractivity contribution in [2.24, 2.45) is 0 Å². The SMILES string of the molecule is CCOC1(CC=O)CCCN(CC)CC1. The summed E-state index contributed by atoms with van der Waals surface area (Å²) in [6.45, 7) is 8.21. The van der Waals surface area contributed by atoms with Gasteiger partial charge >= 0.3 is 0 Å². The molecule has 1 saturated heterocycles. The molecule has 15 heavy (non-hydrogen) atoms. The highest BCUT2D eigenvalue weighted by Crippen LogP contribution is 2.29. The van der Waals surface area contributed by atoms with Crippen LogP contribution < -0.4 is 0 Å². The number of likely N-dealkylation sites (tertiary alicyclic amines) is 1. The first-order valence-electron chi connectivity index (χ1n) is 6.06. The Hall–Kier alpha value is -0.410. The molecule has 0 N–H and O–H groups in total. The molecule has 1 aliphatic heterocycles. The van der Waals surface area contributed by atoms with Gasteiger partial charge in [0.25, 0.3) is 0 Å². The van der Waals surface area contributed by atoms with Crippen LogP contribution in [-0.4, -0.2) is 43.0 Å². The smallest absolute Gasteiger partial charge is 0.122 e. The van der Waals surface area contributed by atoms with E-state index in [2.05, 4.69) is 11.8 Å². The van der Waals surface area contributed by atoms with Gasteiger partial charge in [-0.25, -0.2) is 0 Å². The summed E-state index contributed by atoms with van der Waals surface area (Å²) >= 11 is 0. The molecule has 1 heterocycles. The van der Waals surface area contributed by atoms with Crippen LogP contribution in [0.2, 0.25) is 0 Å². The molecule has 3 nitrogen and oxygen atoms in total. The zero-order valence-corrected chi connectivity index (χ0v) is 10.00. The average molecular weight is 213 g/mol. The monoisotopic (exact) mass is 213 g/mol. The van der Waals surface area contributed by atoms with E-state index >= 15 is 0 Å². The Kier molecular flexibility index (Phi) is 5.26. The van der Waals surface area contributed by atoms with Gasteiger partial charge in [-0.2, -0.15) is 0 Å². The van der Waals surface area contributed by atoms with Crippen LogP contribution >= 0.6 is 0 Å². The minimum absolute atomic E-state index is 0.166. The predicted octanol–water partition coefficient (Wildman–Crippen LogP) is 1.86. The number of hydrogen-bond acceptors (Lipinski definition) is 3. The summed E-state index contributed by atoms with van der Waals surface area (Å²) < 4.78 is 5.83. The van der Waals surface area contributed by atoms with E-state index in [9.17, 15) is 4.79 Å². The van der Waals surface area contributed by atoms with Gasteiger partial charge in [0.2, 0.25) is 0 Å². The number of carbonyl (C=O) groups is 1. The van der Waals surface area contributed by atoms with Crippen molar-refractivity contribution in [1.29, 1.82) is 0 Å². The molecule has 0 aliphatic carbocycles. The first-order chi connectivity index (χ1) is 7.26. The average Bonchev–Trinajstić information content (AvgIpc) is 2.42. The zero-order chi connectivity index (χ0) is 11.1. The summed E-state index contributed by atoms with van der Waals surface area (Å²) in [5.74, 6) is 0. The summed E-state index contributed by atoms with van der Waals surface area (Å²) in [4.78, 5) is 13.2. The molecule has 1 atom stereocenters. The van der Waals surface area contributed by atoms with Crippen LogP contribution in [0.3, 0.4) is 0 Å². The Balaban J connectivity index is 2.59. The second-order valence-electron chi connectivity index (χ2n) is 4.27. The molecule has 1 aliphatic rings. The third kappa shape index (κ3) is 3.58. The van der Waals surface area contributed by atoms with Crippen molar-refractivity contribution in [3.63, 3.8) is 0 Å². The summed E-state index contributed by atoms with van der Waals surface area (Å²) in [7, 11) is 0. The normalized spacial score (nSPS) is 28.7. The summed E-state index contributed by atoms with van der Waals surface area (Å²) in [5, 5.41) is 0. The van der Waals surface area contributed by atoms with Crippen molar-refractivity contribution in [1.82, 2.24) is 4.90 Å². The maximum Gasteiger partial charge on any atom is 0.122 e. The fourth-order valence-electron chi connectivity index (χ4n) is 2.41. The molecule has 88 valence electrons. The van der Waals surface area contributed by atoms with Crippen molar-refractivity contribution in [2.45, 2.75) is 45.1 Å². The molecule has 1 unspecified atom stereocenters. The summed E-state index contributed by atoms with van der Waals surface area (Å²) in [6.07, 6.45) is 4.72. The van der Waals surface area contributed by atoms with Crippen LogP contribution in [0.1, 0.15) is 39.5 Å². The van der Waals surface area contributed by atoms with E-state index in [1.807, 2.05) is 6.92 Å². The van der Waals surface area contributed by atoms with Crippen molar-refractivity contribution >= 4 is 6.29 Å². The zero-order valence-electron chi connectivity index (χ0n) is 10.00. The molecular formula is C12H23NO2. The molecule has 0 amide bonds. The second-order valence-corrected chi connectivity index (χ2v) is 4.27. The lowest BCUT2D eigenvalue weighted by Gasteiger charge is -2.30. The first kappa shape index (κ1) is 12.7. The minimum Gasteiger partial charge on any atom is -0.375 e. The van der Waals surface area contributed by atoms with Gasteiger partial charge in [-0.3, -0.25) is 0 Å². The standard InChI is InChI=1S/C12H23NO2/c1-3-13-9-5-6-12(7-10-13,8-11-14)15-4-2/h11H,3-10H2,1-2H3. The predicted molar refractivity (Wildman–Crippen MR) is 61.0 cm³/mol. The van der Waals surface area contributed by atoms with Crippen molar-refractivity contribution in [3.8, 4) is 0 Å². The van der Waals surface area contributed by atoms with Gasteiger partial charge in [-0.05, 0) is 39.3 Å². The Bertz CT molecular complexity index is 196. The molecule has 0 bridgehead atoms. The molecular weight excluding hydrogens is 190 g/mol. The van der Waals surface area contributed by atoms with E-state index in [1.165, 1.54) is 0 Å². The first-order valence-corrected chi connectivity index (χ1v) is 6.06. The van der Waals surface area contributed by atoms with Gasteiger partial charge in [0.15, 0.2) is 0 Å². The van der Waals surface area contributed by atoms with E-state index < -0.39 is 0 Å². The molecule has 0 saturated carbocycles. The van der Waals surface area contributed by atoms with Crippen molar-refractivity contribution in [2.75, 3.05) is 26.2 Å². The number of rotatable bonds is 5. The van der Waals surface area contributed by atoms with Crippen LogP contribution in [0.25, 0.3) is 0 Å². The quantitative estimate of drug-likeness (QED) is 0.653. The number of ether oxygens (including phenoxy) is 1. The molecule has 1 fully saturated rings. The molecule has 0 radical (unpaired) electrons. The number of aldehydes is 1. The highest BCUT2D eigenvalue weighted by Gasteiger charge is 2.32. The van der Waals surface area contributed by atoms with Crippen LogP contribution in [0.15, 0.2) is 0 Å². The molecule has 3 heteroatoms. The van der Waals surface area contributed by atoms with Crippen LogP contribution in [0.4, 0.5) is 0 Å². The molecule has 0 aromatic carbocycles. The van der Waals surface area contributed by atoms with E-state index in [1.54, 1.807) is 0 Å². The molecule has 0 aromatic heterocycles. The largest absolute Gasteiger partial charge is 0.375 e. The van der Waals surface area contributed by atoms with E-state index in [4.69, 9.17) is 4.74 Å².